The van der Waals surface area contributed by atoms with Crippen molar-refractivity contribution in [3.8, 4) is 5.69 Å². The van der Waals surface area contributed by atoms with Gasteiger partial charge in [0.2, 0.25) is 0 Å². The summed E-state index contributed by atoms with van der Waals surface area (Å²) in [7, 11) is 2.19. The first-order chi connectivity index (χ1) is 9.31. The molecule has 1 aromatic heterocycles. The van der Waals surface area contributed by atoms with Crippen LogP contribution in [-0.2, 0) is 0 Å². The summed E-state index contributed by atoms with van der Waals surface area (Å²) in [5.74, 6) is 0. The zero-order chi connectivity index (χ0) is 13.1. The fourth-order valence-electron chi connectivity index (χ4n) is 2.69. The van der Waals surface area contributed by atoms with Gasteiger partial charge in [0, 0.05) is 36.4 Å². The third-order valence-electron chi connectivity index (χ3n) is 3.64. The number of piperidine rings is 1. The minimum Gasteiger partial charge on any atom is -0.381 e. The number of hydrogen-bond acceptors (Lipinski definition) is 3. The highest BCUT2D eigenvalue weighted by Gasteiger charge is 2.16. The molecule has 0 amide bonds. The molecule has 1 saturated heterocycles. The molecule has 1 unspecified atom stereocenters. The number of nitrogens with zero attached hydrogens (tertiary/aromatic N) is 3. The lowest BCUT2D eigenvalue weighted by atomic mass is 10.1. The smallest absolute Gasteiger partial charge is 0.0991 e. The zero-order valence-corrected chi connectivity index (χ0v) is 11.3. The highest BCUT2D eigenvalue weighted by molar-refractivity contribution is 5.51. The zero-order valence-electron chi connectivity index (χ0n) is 11.3. The van der Waals surface area contributed by atoms with Crippen LogP contribution in [0.15, 0.2) is 43.0 Å². The molecule has 2 aromatic rings. The number of rotatable bonds is 3. The van der Waals surface area contributed by atoms with E-state index in [1.165, 1.54) is 25.1 Å². The summed E-state index contributed by atoms with van der Waals surface area (Å²) >= 11 is 0. The molecular weight excluding hydrogens is 236 g/mol. The van der Waals surface area contributed by atoms with E-state index in [4.69, 9.17) is 0 Å². The lowest BCUT2D eigenvalue weighted by Gasteiger charge is -2.31. The molecule has 3 rings (SSSR count). The monoisotopic (exact) mass is 256 g/mol. The topological polar surface area (TPSA) is 33.1 Å². The van der Waals surface area contributed by atoms with Gasteiger partial charge in [-0.1, -0.05) is 6.07 Å². The predicted octanol–water partition coefficient (Wildman–Crippen LogP) is 2.38. The van der Waals surface area contributed by atoms with E-state index in [1.807, 2.05) is 17.1 Å². The number of likely N-dealkylation sites (tertiary alicyclic amines) is 1. The lowest BCUT2D eigenvalue weighted by Crippen LogP contribution is -2.39. The minimum absolute atomic E-state index is 0.553. The Morgan fingerprint density at radius 3 is 3.11 bits per heavy atom. The van der Waals surface area contributed by atoms with Gasteiger partial charge in [0.25, 0.3) is 0 Å². The van der Waals surface area contributed by atoms with Gasteiger partial charge in [0.15, 0.2) is 0 Å². The number of imidazole rings is 1. The Bertz CT molecular complexity index is 521. The van der Waals surface area contributed by atoms with E-state index in [0.717, 1.165) is 12.2 Å². The Kier molecular flexibility index (Phi) is 3.51. The molecular formula is C15H20N4. The van der Waals surface area contributed by atoms with Crippen LogP contribution < -0.4 is 5.32 Å². The van der Waals surface area contributed by atoms with E-state index in [1.54, 1.807) is 6.20 Å². The second-order valence-corrected chi connectivity index (χ2v) is 5.27. The third-order valence-corrected chi connectivity index (χ3v) is 3.64. The van der Waals surface area contributed by atoms with Crippen LogP contribution in [0.2, 0.25) is 0 Å². The van der Waals surface area contributed by atoms with E-state index in [2.05, 4.69) is 46.5 Å². The largest absolute Gasteiger partial charge is 0.381 e. The second kappa shape index (κ2) is 5.45. The average molecular weight is 256 g/mol. The maximum absolute atomic E-state index is 4.09. The Labute approximate surface area is 114 Å². The minimum atomic E-state index is 0.553. The van der Waals surface area contributed by atoms with Gasteiger partial charge in [-0.15, -0.1) is 0 Å². The number of likely N-dealkylation sites (N-methyl/N-ethyl adjacent to an activating group) is 1. The van der Waals surface area contributed by atoms with Crippen molar-refractivity contribution in [1.29, 1.82) is 0 Å². The summed E-state index contributed by atoms with van der Waals surface area (Å²) in [6, 6.07) is 9.05. The van der Waals surface area contributed by atoms with Crippen molar-refractivity contribution < 1.29 is 0 Å². The normalized spacial score (nSPS) is 20.4. The number of benzene rings is 1. The van der Waals surface area contributed by atoms with Crippen LogP contribution in [0.3, 0.4) is 0 Å². The van der Waals surface area contributed by atoms with Crippen molar-refractivity contribution in [3.63, 3.8) is 0 Å². The van der Waals surface area contributed by atoms with E-state index in [-0.39, 0.29) is 0 Å². The number of anilines is 1. The first-order valence-electron chi connectivity index (χ1n) is 6.85. The summed E-state index contributed by atoms with van der Waals surface area (Å²) in [6.07, 6.45) is 8.12. The predicted molar refractivity (Wildman–Crippen MR) is 77.7 cm³/mol. The van der Waals surface area contributed by atoms with Gasteiger partial charge < -0.3 is 14.8 Å². The molecule has 2 heterocycles. The Balaban J connectivity index is 1.73. The average Bonchev–Trinajstić information content (AvgIpc) is 2.93. The SMILES string of the molecule is CN1CCCC(Nc2cccc(-n3ccnc3)c2)C1. The van der Waals surface area contributed by atoms with E-state index < -0.39 is 0 Å². The van der Waals surface area contributed by atoms with Crippen molar-refractivity contribution in [1.82, 2.24) is 14.5 Å². The molecule has 1 aliphatic heterocycles. The van der Waals surface area contributed by atoms with Gasteiger partial charge in [0.05, 0.1) is 6.33 Å². The van der Waals surface area contributed by atoms with Crippen LogP contribution in [0.25, 0.3) is 5.69 Å². The van der Waals surface area contributed by atoms with Crippen LogP contribution in [0.5, 0.6) is 0 Å². The van der Waals surface area contributed by atoms with Crippen LogP contribution in [0.1, 0.15) is 12.8 Å². The van der Waals surface area contributed by atoms with Gasteiger partial charge in [0.1, 0.15) is 0 Å². The molecule has 19 heavy (non-hydrogen) atoms. The quantitative estimate of drug-likeness (QED) is 0.915. The van der Waals surface area contributed by atoms with Crippen LogP contribution >= 0.6 is 0 Å². The first-order valence-corrected chi connectivity index (χ1v) is 6.85. The molecule has 1 atom stereocenters. The van der Waals surface area contributed by atoms with Gasteiger partial charge >= 0.3 is 0 Å². The van der Waals surface area contributed by atoms with Gasteiger partial charge in [-0.3, -0.25) is 0 Å². The number of hydrogen-bond donors (Lipinski definition) is 1. The fraction of sp³-hybridized carbons (Fsp3) is 0.400. The lowest BCUT2D eigenvalue weighted by molar-refractivity contribution is 0.261. The summed E-state index contributed by atoms with van der Waals surface area (Å²) < 4.78 is 2.03. The van der Waals surface area contributed by atoms with Crippen molar-refractivity contribution in [2.75, 3.05) is 25.5 Å². The Morgan fingerprint density at radius 2 is 2.32 bits per heavy atom. The van der Waals surface area contributed by atoms with E-state index >= 15 is 0 Å². The van der Waals surface area contributed by atoms with Crippen LogP contribution in [0, 0.1) is 0 Å². The van der Waals surface area contributed by atoms with Crippen molar-refractivity contribution in [2.45, 2.75) is 18.9 Å². The highest BCUT2D eigenvalue weighted by Crippen LogP contribution is 2.18. The molecule has 4 nitrogen and oxygen atoms in total. The van der Waals surface area contributed by atoms with Crippen LogP contribution in [0.4, 0.5) is 5.69 Å². The van der Waals surface area contributed by atoms with Gasteiger partial charge in [-0.05, 0) is 44.6 Å². The second-order valence-electron chi connectivity index (χ2n) is 5.27. The molecule has 100 valence electrons. The van der Waals surface area contributed by atoms with E-state index in [0.29, 0.717) is 6.04 Å². The molecule has 1 aliphatic rings. The maximum Gasteiger partial charge on any atom is 0.0991 e. The summed E-state index contributed by atoms with van der Waals surface area (Å²) in [5.41, 5.74) is 2.33. The molecule has 1 aromatic carbocycles. The summed E-state index contributed by atoms with van der Waals surface area (Å²) in [5, 5.41) is 3.64. The molecule has 0 bridgehead atoms. The van der Waals surface area contributed by atoms with Crippen molar-refractivity contribution in [3.05, 3.63) is 43.0 Å². The maximum atomic E-state index is 4.09. The fourth-order valence-corrected chi connectivity index (χ4v) is 2.69. The molecule has 0 saturated carbocycles. The third kappa shape index (κ3) is 2.96. The molecule has 0 spiro atoms. The van der Waals surface area contributed by atoms with Crippen molar-refractivity contribution >= 4 is 5.69 Å². The van der Waals surface area contributed by atoms with Crippen molar-refractivity contribution in [2.24, 2.45) is 0 Å². The number of nitrogens with one attached hydrogen (secondary N) is 1. The highest BCUT2D eigenvalue weighted by atomic mass is 15.1. The van der Waals surface area contributed by atoms with Gasteiger partial charge in [-0.25, -0.2) is 4.98 Å². The molecule has 0 aliphatic carbocycles. The van der Waals surface area contributed by atoms with Gasteiger partial charge in [-0.2, -0.15) is 0 Å². The summed E-state index contributed by atoms with van der Waals surface area (Å²) in [4.78, 5) is 6.48. The Morgan fingerprint density at radius 1 is 1.37 bits per heavy atom. The van der Waals surface area contributed by atoms with Crippen LogP contribution in [-0.4, -0.2) is 40.6 Å². The first kappa shape index (κ1) is 12.2. The molecule has 4 heteroatoms. The number of aromatic nitrogens is 2. The Hall–Kier alpha value is -1.81. The van der Waals surface area contributed by atoms with E-state index in [9.17, 15) is 0 Å². The molecule has 0 radical (unpaired) electrons. The standard InChI is InChI=1S/C15H20N4/c1-18-8-3-5-14(11-18)17-13-4-2-6-15(10-13)19-9-7-16-12-19/h2,4,6-7,9-10,12,14,17H,3,5,8,11H2,1H3. The molecule has 1 N–H and O–H groups in total. The molecule has 1 fully saturated rings. The summed E-state index contributed by atoms with van der Waals surface area (Å²) in [6.45, 7) is 2.34.